The van der Waals surface area contributed by atoms with Crippen molar-refractivity contribution in [3.8, 4) is 5.69 Å². The van der Waals surface area contributed by atoms with E-state index in [1.165, 1.54) is 10.7 Å². The van der Waals surface area contributed by atoms with Crippen LogP contribution in [0.3, 0.4) is 0 Å². The Labute approximate surface area is 144 Å². The highest BCUT2D eigenvalue weighted by molar-refractivity contribution is 6.32. The van der Waals surface area contributed by atoms with Crippen molar-refractivity contribution in [2.75, 3.05) is 0 Å². The number of hydrogen-bond donors (Lipinski definition) is 0. The summed E-state index contributed by atoms with van der Waals surface area (Å²) in [5, 5.41) is 6.03. The zero-order chi connectivity index (χ0) is 17.6. The lowest BCUT2D eigenvalue weighted by Gasteiger charge is -2.11. The number of benzene rings is 1. The van der Waals surface area contributed by atoms with Crippen LogP contribution in [0.25, 0.3) is 16.5 Å². The second kappa shape index (κ2) is 6.06. The van der Waals surface area contributed by atoms with Crippen LogP contribution in [0, 0.1) is 18.7 Å². The van der Waals surface area contributed by atoms with E-state index in [0.717, 1.165) is 23.2 Å². The van der Waals surface area contributed by atoms with Gasteiger partial charge in [-0.25, -0.2) is 9.07 Å². The van der Waals surface area contributed by atoms with Gasteiger partial charge in [0.25, 0.3) is 5.56 Å². The van der Waals surface area contributed by atoms with Gasteiger partial charge in [0, 0.05) is 24.3 Å². The molecule has 0 aliphatic rings. The van der Waals surface area contributed by atoms with Gasteiger partial charge >= 0.3 is 0 Å². The van der Waals surface area contributed by atoms with Crippen molar-refractivity contribution in [1.82, 2.24) is 14.3 Å². The minimum atomic E-state index is -0.430. The first kappa shape index (κ1) is 16.7. The Morgan fingerprint density at radius 3 is 2.67 bits per heavy atom. The fourth-order valence-corrected chi connectivity index (χ4v) is 3.32. The fourth-order valence-electron chi connectivity index (χ4n) is 3.06. The molecule has 0 saturated heterocycles. The van der Waals surface area contributed by atoms with Crippen LogP contribution in [-0.4, -0.2) is 14.3 Å². The Hall–Kier alpha value is -2.14. The van der Waals surface area contributed by atoms with Gasteiger partial charge in [0.05, 0.1) is 16.1 Å². The van der Waals surface area contributed by atoms with Crippen LogP contribution in [0.5, 0.6) is 0 Å². The molecule has 0 saturated carbocycles. The van der Waals surface area contributed by atoms with Crippen LogP contribution in [0.4, 0.5) is 4.39 Å². The van der Waals surface area contributed by atoms with E-state index >= 15 is 0 Å². The zero-order valence-corrected chi connectivity index (χ0v) is 14.9. The molecule has 24 heavy (non-hydrogen) atoms. The highest BCUT2D eigenvalue weighted by atomic mass is 35.5. The number of para-hydroxylation sites is 1. The summed E-state index contributed by atoms with van der Waals surface area (Å²) >= 11 is 6.20. The maximum Gasteiger partial charge on any atom is 0.275 e. The highest BCUT2D eigenvalue weighted by Gasteiger charge is 2.19. The molecular weight excluding hydrogens is 329 g/mol. The molecule has 0 N–H and O–H groups in total. The predicted octanol–water partition coefficient (Wildman–Crippen LogP) is 4.02. The molecule has 2 heterocycles. The summed E-state index contributed by atoms with van der Waals surface area (Å²) in [5.41, 5.74) is 1.65. The van der Waals surface area contributed by atoms with Gasteiger partial charge in [-0.1, -0.05) is 31.5 Å². The minimum absolute atomic E-state index is 0.202. The van der Waals surface area contributed by atoms with Gasteiger partial charge in [0.15, 0.2) is 0 Å². The van der Waals surface area contributed by atoms with Crippen molar-refractivity contribution in [2.24, 2.45) is 13.0 Å². The van der Waals surface area contributed by atoms with Gasteiger partial charge in [0.2, 0.25) is 0 Å². The average Bonchev–Trinajstić information content (AvgIpc) is 2.82. The van der Waals surface area contributed by atoms with E-state index in [1.54, 1.807) is 29.9 Å². The van der Waals surface area contributed by atoms with Crippen LogP contribution >= 0.6 is 11.6 Å². The lowest BCUT2D eigenvalue weighted by atomic mass is 10.0. The van der Waals surface area contributed by atoms with Crippen LogP contribution < -0.4 is 5.56 Å². The molecular formula is C18H19ClFN3O. The summed E-state index contributed by atoms with van der Waals surface area (Å²) in [5.74, 6) is -0.0425. The van der Waals surface area contributed by atoms with E-state index in [4.69, 9.17) is 11.6 Å². The van der Waals surface area contributed by atoms with Gasteiger partial charge < -0.3 is 4.57 Å². The number of fused-ring (bicyclic) bond motifs is 1. The summed E-state index contributed by atoms with van der Waals surface area (Å²) in [4.78, 5) is 12.5. The van der Waals surface area contributed by atoms with E-state index in [9.17, 15) is 9.18 Å². The number of aromatic nitrogens is 3. The number of halogens is 2. The van der Waals surface area contributed by atoms with E-state index < -0.39 is 5.82 Å². The first-order chi connectivity index (χ1) is 11.3. The smallest absolute Gasteiger partial charge is 0.275 e. The summed E-state index contributed by atoms with van der Waals surface area (Å²) in [6.07, 6.45) is 2.39. The van der Waals surface area contributed by atoms with Crippen LogP contribution in [0.15, 0.2) is 29.2 Å². The molecule has 6 heteroatoms. The molecule has 126 valence electrons. The molecule has 0 aliphatic heterocycles. The third-order valence-electron chi connectivity index (χ3n) is 4.11. The largest absolute Gasteiger partial charge is 0.316 e. The molecule has 1 aromatic carbocycles. The molecule has 0 amide bonds. The molecule has 0 spiro atoms. The molecule has 0 fully saturated rings. The monoisotopic (exact) mass is 347 g/mol. The molecule has 4 nitrogen and oxygen atoms in total. The number of aryl methyl sites for hydroxylation is 2. The third-order valence-corrected chi connectivity index (χ3v) is 4.42. The number of rotatable bonds is 3. The Morgan fingerprint density at radius 1 is 1.33 bits per heavy atom. The highest BCUT2D eigenvalue weighted by Crippen LogP contribution is 2.30. The third kappa shape index (κ3) is 2.63. The summed E-state index contributed by atoms with van der Waals surface area (Å²) < 4.78 is 17.3. The van der Waals surface area contributed by atoms with Crippen molar-refractivity contribution < 1.29 is 4.39 Å². The van der Waals surface area contributed by atoms with Gasteiger partial charge in [-0.3, -0.25) is 4.79 Å². The number of nitrogens with zero attached hydrogens (tertiary/aromatic N) is 3. The minimum Gasteiger partial charge on any atom is -0.316 e. The quantitative estimate of drug-likeness (QED) is 0.717. The lowest BCUT2D eigenvalue weighted by Crippen LogP contribution is -2.21. The summed E-state index contributed by atoms with van der Waals surface area (Å²) in [6, 6.07) is 4.55. The fraction of sp³-hybridized carbons (Fsp3) is 0.333. The normalized spacial score (nSPS) is 11.6. The SMILES string of the molecule is Cc1c2c(CC(C)C)nn(C)c(=O)c2cn1-c1c(F)cccc1Cl. The van der Waals surface area contributed by atoms with E-state index in [-0.39, 0.29) is 11.2 Å². The van der Waals surface area contributed by atoms with Crippen LogP contribution in [0.2, 0.25) is 5.02 Å². The Bertz CT molecular complexity index is 968. The number of hydrogen-bond acceptors (Lipinski definition) is 2. The van der Waals surface area contributed by atoms with Gasteiger partial charge in [0.1, 0.15) is 11.5 Å². The summed E-state index contributed by atoms with van der Waals surface area (Å²) in [7, 11) is 1.63. The predicted molar refractivity (Wildman–Crippen MR) is 94.6 cm³/mol. The van der Waals surface area contributed by atoms with Crippen LogP contribution in [-0.2, 0) is 13.5 Å². The van der Waals surface area contributed by atoms with E-state index in [1.807, 2.05) is 6.92 Å². The van der Waals surface area contributed by atoms with Crippen molar-refractivity contribution >= 4 is 22.4 Å². The van der Waals surface area contributed by atoms with Crippen molar-refractivity contribution in [3.05, 3.63) is 57.0 Å². The first-order valence-electron chi connectivity index (χ1n) is 7.83. The van der Waals surface area contributed by atoms with E-state index in [2.05, 4.69) is 18.9 Å². The molecule has 0 atom stereocenters. The van der Waals surface area contributed by atoms with Gasteiger partial charge in [-0.15, -0.1) is 0 Å². The lowest BCUT2D eigenvalue weighted by molar-refractivity contribution is 0.605. The average molecular weight is 348 g/mol. The van der Waals surface area contributed by atoms with Crippen molar-refractivity contribution in [1.29, 1.82) is 0 Å². The second-order valence-corrected chi connectivity index (χ2v) is 6.82. The second-order valence-electron chi connectivity index (χ2n) is 6.42. The topological polar surface area (TPSA) is 39.8 Å². The Morgan fingerprint density at radius 2 is 2.04 bits per heavy atom. The molecule has 0 aliphatic carbocycles. The molecule has 3 aromatic rings. The summed E-state index contributed by atoms with van der Waals surface area (Å²) in [6.45, 7) is 6.05. The van der Waals surface area contributed by atoms with Gasteiger partial charge in [-0.05, 0) is 31.4 Å². The van der Waals surface area contributed by atoms with Crippen molar-refractivity contribution in [2.45, 2.75) is 27.2 Å². The maximum atomic E-state index is 14.3. The van der Waals surface area contributed by atoms with Gasteiger partial charge in [-0.2, -0.15) is 5.10 Å². The molecule has 0 radical (unpaired) electrons. The zero-order valence-electron chi connectivity index (χ0n) is 14.1. The van der Waals surface area contributed by atoms with E-state index in [0.29, 0.717) is 16.3 Å². The molecule has 0 bridgehead atoms. The molecule has 3 rings (SSSR count). The standard InChI is InChI=1S/C18H19ClFN3O/c1-10(2)8-15-16-11(3)23(9-12(16)18(24)22(4)21-15)17-13(19)6-5-7-14(17)20/h5-7,9-10H,8H2,1-4H3. The Kier molecular flexibility index (Phi) is 4.22. The van der Waals surface area contributed by atoms with Crippen molar-refractivity contribution in [3.63, 3.8) is 0 Å². The van der Waals surface area contributed by atoms with Crippen LogP contribution in [0.1, 0.15) is 25.2 Å². The first-order valence-corrected chi connectivity index (χ1v) is 8.21. The molecule has 0 unspecified atom stereocenters. The molecule has 2 aromatic heterocycles. The maximum absolute atomic E-state index is 14.3. The Balaban J connectivity index is 2.39.